The predicted octanol–water partition coefficient (Wildman–Crippen LogP) is 3.35. The van der Waals surface area contributed by atoms with Crippen LogP contribution in [0.2, 0.25) is 0 Å². The van der Waals surface area contributed by atoms with Crippen molar-refractivity contribution < 1.29 is 14.4 Å². The summed E-state index contributed by atoms with van der Waals surface area (Å²) in [4.78, 5) is 16.1. The van der Waals surface area contributed by atoms with Crippen molar-refractivity contribution in [3.8, 4) is 11.3 Å². The highest BCUT2D eigenvalue weighted by Gasteiger charge is 2.26. The number of likely N-dealkylation sites (tertiary alicyclic amines) is 1. The van der Waals surface area contributed by atoms with Crippen molar-refractivity contribution in [3.63, 3.8) is 0 Å². The van der Waals surface area contributed by atoms with Crippen molar-refractivity contribution in [2.24, 2.45) is 0 Å². The van der Waals surface area contributed by atoms with Crippen LogP contribution in [0, 0.1) is 0 Å². The maximum absolute atomic E-state index is 11.8. The SMILES string of the molecule is CN(CCN1CCCCCC1)c1noc(-c2ccccc2)c1C(=O)O. The number of anilines is 1. The molecule has 1 aliphatic heterocycles. The lowest BCUT2D eigenvalue weighted by Gasteiger charge is -2.24. The van der Waals surface area contributed by atoms with Crippen molar-refractivity contribution in [1.29, 1.82) is 0 Å². The van der Waals surface area contributed by atoms with Crippen molar-refractivity contribution in [2.75, 3.05) is 38.1 Å². The normalized spacial score (nSPS) is 15.7. The summed E-state index contributed by atoms with van der Waals surface area (Å²) < 4.78 is 5.39. The molecule has 2 aromatic rings. The van der Waals surface area contributed by atoms with Gasteiger partial charge in [-0.3, -0.25) is 0 Å². The minimum atomic E-state index is -1.02. The van der Waals surface area contributed by atoms with E-state index < -0.39 is 5.97 Å². The fourth-order valence-electron chi connectivity index (χ4n) is 3.28. The zero-order valence-corrected chi connectivity index (χ0v) is 14.6. The third-order valence-corrected chi connectivity index (χ3v) is 4.74. The van der Waals surface area contributed by atoms with Crippen LogP contribution in [0.1, 0.15) is 36.0 Å². The second kappa shape index (κ2) is 8.16. The van der Waals surface area contributed by atoms with Gasteiger partial charge in [-0.15, -0.1) is 0 Å². The molecule has 3 rings (SSSR count). The summed E-state index contributed by atoms with van der Waals surface area (Å²) in [5.41, 5.74) is 0.851. The fourth-order valence-corrected chi connectivity index (χ4v) is 3.28. The molecule has 0 bridgehead atoms. The van der Waals surface area contributed by atoms with Crippen LogP contribution >= 0.6 is 0 Å². The Morgan fingerprint density at radius 1 is 1.20 bits per heavy atom. The lowest BCUT2D eigenvalue weighted by Crippen LogP contribution is -2.34. The number of likely N-dealkylation sites (N-methyl/N-ethyl adjacent to an activating group) is 1. The monoisotopic (exact) mass is 343 g/mol. The Hall–Kier alpha value is -2.34. The van der Waals surface area contributed by atoms with Crippen LogP contribution < -0.4 is 4.90 Å². The fraction of sp³-hybridized carbons (Fsp3) is 0.474. The molecule has 2 heterocycles. The minimum Gasteiger partial charge on any atom is -0.477 e. The van der Waals surface area contributed by atoms with Crippen molar-refractivity contribution in [3.05, 3.63) is 35.9 Å². The van der Waals surface area contributed by atoms with Crippen LogP contribution in [-0.2, 0) is 0 Å². The molecule has 6 nitrogen and oxygen atoms in total. The first kappa shape index (κ1) is 17.5. The van der Waals surface area contributed by atoms with Gasteiger partial charge in [0.1, 0.15) is 0 Å². The zero-order chi connectivity index (χ0) is 17.6. The predicted molar refractivity (Wildman–Crippen MR) is 97.1 cm³/mol. The number of rotatable bonds is 6. The van der Waals surface area contributed by atoms with E-state index in [0.29, 0.717) is 11.6 Å². The maximum atomic E-state index is 11.8. The first-order valence-electron chi connectivity index (χ1n) is 8.88. The zero-order valence-electron chi connectivity index (χ0n) is 14.6. The highest BCUT2D eigenvalue weighted by Crippen LogP contribution is 2.30. The average molecular weight is 343 g/mol. The van der Waals surface area contributed by atoms with Gasteiger partial charge in [-0.25, -0.2) is 4.79 Å². The molecule has 25 heavy (non-hydrogen) atoms. The number of aromatic carboxylic acids is 1. The molecule has 0 radical (unpaired) electrons. The van der Waals surface area contributed by atoms with Gasteiger partial charge in [-0.1, -0.05) is 48.3 Å². The number of hydrogen-bond donors (Lipinski definition) is 1. The molecule has 0 spiro atoms. The van der Waals surface area contributed by atoms with Gasteiger partial charge in [0.25, 0.3) is 0 Å². The molecule has 1 N–H and O–H groups in total. The van der Waals surface area contributed by atoms with Crippen molar-refractivity contribution >= 4 is 11.8 Å². The highest BCUT2D eigenvalue weighted by molar-refractivity contribution is 5.99. The van der Waals surface area contributed by atoms with Gasteiger partial charge in [-0.05, 0) is 25.9 Å². The molecule has 1 fully saturated rings. The number of carboxylic acid groups (broad SMARTS) is 1. The highest BCUT2D eigenvalue weighted by atomic mass is 16.5. The summed E-state index contributed by atoms with van der Waals surface area (Å²) in [6.45, 7) is 3.87. The summed E-state index contributed by atoms with van der Waals surface area (Å²) in [6.07, 6.45) is 5.09. The van der Waals surface area contributed by atoms with Gasteiger partial charge in [-0.2, -0.15) is 0 Å². The van der Waals surface area contributed by atoms with Gasteiger partial charge < -0.3 is 19.4 Å². The largest absolute Gasteiger partial charge is 0.477 e. The van der Waals surface area contributed by atoms with Crippen LogP contribution in [0.5, 0.6) is 0 Å². The topological polar surface area (TPSA) is 69.8 Å². The second-order valence-corrected chi connectivity index (χ2v) is 6.56. The Kier molecular flexibility index (Phi) is 5.71. The molecule has 1 aliphatic rings. The van der Waals surface area contributed by atoms with Crippen LogP contribution in [0.25, 0.3) is 11.3 Å². The molecule has 0 aliphatic carbocycles. The van der Waals surface area contributed by atoms with E-state index in [1.165, 1.54) is 25.7 Å². The Bertz CT molecular complexity index is 691. The summed E-state index contributed by atoms with van der Waals surface area (Å²) >= 11 is 0. The van der Waals surface area contributed by atoms with Crippen molar-refractivity contribution in [2.45, 2.75) is 25.7 Å². The average Bonchev–Trinajstić information content (AvgIpc) is 2.91. The molecule has 0 amide bonds. The van der Waals surface area contributed by atoms with Crippen LogP contribution in [0.3, 0.4) is 0 Å². The molecule has 0 saturated carbocycles. The van der Waals surface area contributed by atoms with Gasteiger partial charge in [0.15, 0.2) is 17.1 Å². The Morgan fingerprint density at radius 3 is 2.52 bits per heavy atom. The van der Waals surface area contributed by atoms with E-state index in [2.05, 4.69) is 10.1 Å². The third kappa shape index (κ3) is 4.20. The minimum absolute atomic E-state index is 0.129. The van der Waals surface area contributed by atoms with E-state index >= 15 is 0 Å². The van der Waals surface area contributed by atoms with Crippen LogP contribution in [-0.4, -0.2) is 54.4 Å². The number of aromatic nitrogens is 1. The van der Waals surface area contributed by atoms with E-state index in [1.807, 2.05) is 42.3 Å². The smallest absolute Gasteiger partial charge is 0.343 e. The molecule has 6 heteroatoms. The van der Waals surface area contributed by atoms with Gasteiger partial charge in [0.05, 0.1) is 0 Å². The van der Waals surface area contributed by atoms with E-state index in [0.717, 1.165) is 31.7 Å². The summed E-state index contributed by atoms with van der Waals surface area (Å²) in [5, 5.41) is 13.7. The van der Waals surface area contributed by atoms with E-state index in [9.17, 15) is 9.90 Å². The lowest BCUT2D eigenvalue weighted by molar-refractivity contribution is 0.0698. The van der Waals surface area contributed by atoms with E-state index in [-0.39, 0.29) is 5.56 Å². The van der Waals surface area contributed by atoms with E-state index in [1.54, 1.807) is 0 Å². The van der Waals surface area contributed by atoms with E-state index in [4.69, 9.17) is 4.52 Å². The maximum Gasteiger partial charge on any atom is 0.343 e. The number of hydrogen-bond acceptors (Lipinski definition) is 5. The standard InChI is InChI=1S/C19H25N3O3/c1-21(13-14-22-11-7-2-3-8-12-22)18-16(19(23)24)17(25-20-18)15-9-5-4-6-10-15/h4-6,9-10H,2-3,7-8,11-14H2,1H3,(H,23,24). The first-order chi connectivity index (χ1) is 12.2. The Balaban J connectivity index is 1.75. The second-order valence-electron chi connectivity index (χ2n) is 6.56. The third-order valence-electron chi connectivity index (χ3n) is 4.74. The number of carboxylic acids is 1. The molecule has 0 atom stereocenters. The van der Waals surface area contributed by atoms with Gasteiger partial charge in [0, 0.05) is 25.7 Å². The number of benzene rings is 1. The summed E-state index contributed by atoms with van der Waals surface area (Å²) in [5.74, 6) is -0.317. The molecule has 134 valence electrons. The molecule has 1 saturated heterocycles. The molecular formula is C19H25N3O3. The Labute approximate surface area is 148 Å². The number of carbonyl (C=O) groups is 1. The van der Waals surface area contributed by atoms with Crippen LogP contribution in [0.15, 0.2) is 34.9 Å². The van der Waals surface area contributed by atoms with Gasteiger partial charge >= 0.3 is 5.97 Å². The van der Waals surface area contributed by atoms with Crippen molar-refractivity contribution in [1.82, 2.24) is 10.1 Å². The lowest BCUT2D eigenvalue weighted by atomic mass is 10.1. The van der Waals surface area contributed by atoms with Crippen LogP contribution in [0.4, 0.5) is 5.82 Å². The quantitative estimate of drug-likeness (QED) is 0.867. The summed E-state index contributed by atoms with van der Waals surface area (Å²) in [6, 6.07) is 9.24. The first-order valence-corrected chi connectivity index (χ1v) is 8.88. The molecule has 1 aromatic carbocycles. The number of nitrogens with zero attached hydrogens (tertiary/aromatic N) is 3. The summed E-state index contributed by atoms with van der Waals surface area (Å²) in [7, 11) is 1.87. The molecule has 1 aromatic heterocycles. The molecular weight excluding hydrogens is 318 g/mol. The molecule has 0 unspecified atom stereocenters. The van der Waals surface area contributed by atoms with Gasteiger partial charge in [0.2, 0.25) is 0 Å². The Morgan fingerprint density at radius 2 is 1.88 bits per heavy atom.